The molecule has 2 atom stereocenters. The van der Waals surface area contributed by atoms with Gasteiger partial charge in [-0.15, -0.1) is 11.8 Å². The van der Waals surface area contributed by atoms with Gasteiger partial charge in [0.25, 0.3) is 0 Å². The Hall–Kier alpha value is -0.620. The Labute approximate surface area is 117 Å². The molecule has 0 fully saturated rings. The van der Waals surface area contributed by atoms with Gasteiger partial charge in [-0.2, -0.15) is 0 Å². The van der Waals surface area contributed by atoms with Gasteiger partial charge < -0.3 is 14.8 Å². The number of thioether (sulfide) groups is 1. The number of ether oxygens (including phenoxy) is 2. The second-order valence-corrected chi connectivity index (χ2v) is 5.67. The first kappa shape index (κ1) is 14.8. The van der Waals surface area contributed by atoms with Crippen molar-refractivity contribution in [1.29, 1.82) is 0 Å². The van der Waals surface area contributed by atoms with Crippen molar-refractivity contribution in [2.75, 3.05) is 33.1 Å². The zero-order valence-corrected chi connectivity index (χ0v) is 12.1. The molecule has 0 aromatic heterocycles. The molecule has 5 heteroatoms. The molecule has 3 nitrogen and oxygen atoms in total. The normalized spacial score (nSPS) is 20.1. The molecule has 0 saturated heterocycles. The standard InChI is InChI=1S/C14H20FNO2S/c1-17-9-10(18-2)8-16-13-6-7-19-14-11(13)4-3-5-12(14)15/h3-5,10,13,16H,6-9H2,1-2H3. The molecule has 0 spiro atoms. The summed E-state index contributed by atoms with van der Waals surface area (Å²) in [6, 6.07) is 5.50. The van der Waals surface area contributed by atoms with E-state index in [0.717, 1.165) is 22.6 Å². The van der Waals surface area contributed by atoms with Crippen LogP contribution in [0.15, 0.2) is 23.1 Å². The minimum Gasteiger partial charge on any atom is -0.382 e. The molecule has 0 radical (unpaired) electrons. The molecule has 19 heavy (non-hydrogen) atoms. The Morgan fingerprint density at radius 3 is 3.05 bits per heavy atom. The molecule has 1 aromatic carbocycles. The van der Waals surface area contributed by atoms with Crippen LogP contribution in [0.25, 0.3) is 0 Å². The monoisotopic (exact) mass is 285 g/mol. The average molecular weight is 285 g/mol. The number of halogens is 1. The molecular weight excluding hydrogens is 265 g/mol. The van der Waals surface area contributed by atoms with Gasteiger partial charge in [0.15, 0.2) is 0 Å². The van der Waals surface area contributed by atoms with Gasteiger partial charge in [-0.25, -0.2) is 4.39 Å². The molecule has 2 rings (SSSR count). The molecule has 0 amide bonds. The molecule has 0 saturated carbocycles. The SMILES string of the molecule is COCC(CNC1CCSc2c(F)cccc21)OC. The smallest absolute Gasteiger partial charge is 0.137 e. The van der Waals surface area contributed by atoms with Crippen molar-refractivity contribution >= 4 is 11.8 Å². The fourth-order valence-corrected chi connectivity index (χ4v) is 3.41. The molecule has 1 N–H and O–H groups in total. The number of benzene rings is 1. The quantitative estimate of drug-likeness (QED) is 0.870. The fourth-order valence-electron chi connectivity index (χ4n) is 2.27. The van der Waals surface area contributed by atoms with E-state index in [1.54, 1.807) is 32.0 Å². The third-order valence-corrected chi connectivity index (χ3v) is 4.46. The van der Waals surface area contributed by atoms with Crippen molar-refractivity contribution in [1.82, 2.24) is 5.32 Å². The topological polar surface area (TPSA) is 30.5 Å². The summed E-state index contributed by atoms with van der Waals surface area (Å²) in [5, 5.41) is 3.46. The van der Waals surface area contributed by atoms with E-state index in [0.29, 0.717) is 13.2 Å². The van der Waals surface area contributed by atoms with Crippen LogP contribution in [0.1, 0.15) is 18.0 Å². The Balaban J connectivity index is 2.01. The van der Waals surface area contributed by atoms with Crippen LogP contribution in [-0.4, -0.2) is 39.2 Å². The minimum absolute atomic E-state index is 0.0246. The van der Waals surface area contributed by atoms with Gasteiger partial charge in [0.2, 0.25) is 0 Å². The first-order chi connectivity index (χ1) is 9.26. The summed E-state index contributed by atoms with van der Waals surface area (Å²) < 4.78 is 24.2. The Morgan fingerprint density at radius 1 is 1.47 bits per heavy atom. The van der Waals surface area contributed by atoms with E-state index in [9.17, 15) is 4.39 Å². The highest BCUT2D eigenvalue weighted by Crippen LogP contribution is 2.37. The molecule has 1 aromatic rings. The zero-order chi connectivity index (χ0) is 13.7. The molecular formula is C14H20FNO2S. The van der Waals surface area contributed by atoms with Gasteiger partial charge in [-0.3, -0.25) is 0 Å². The third-order valence-electron chi connectivity index (χ3n) is 3.30. The summed E-state index contributed by atoms with van der Waals surface area (Å²) in [6.07, 6.45) is 1.03. The van der Waals surface area contributed by atoms with Crippen LogP contribution in [0, 0.1) is 5.82 Å². The number of nitrogens with one attached hydrogen (secondary N) is 1. The van der Waals surface area contributed by atoms with E-state index in [1.165, 1.54) is 6.07 Å². The average Bonchev–Trinajstić information content (AvgIpc) is 2.44. The number of hydrogen-bond acceptors (Lipinski definition) is 4. The molecule has 2 unspecified atom stereocenters. The second kappa shape index (κ2) is 7.24. The second-order valence-electron chi connectivity index (χ2n) is 4.57. The van der Waals surface area contributed by atoms with Gasteiger partial charge >= 0.3 is 0 Å². The lowest BCUT2D eigenvalue weighted by Crippen LogP contribution is -2.35. The van der Waals surface area contributed by atoms with Crippen molar-refractivity contribution in [3.8, 4) is 0 Å². The molecule has 1 aliphatic rings. The van der Waals surface area contributed by atoms with E-state index in [1.807, 2.05) is 6.07 Å². The van der Waals surface area contributed by atoms with Crippen molar-refractivity contribution in [2.45, 2.75) is 23.5 Å². The van der Waals surface area contributed by atoms with Gasteiger partial charge in [0.1, 0.15) is 5.82 Å². The Kier molecular flexibility index (Phi) is 5.63. The van der Waals surface area contributed by atoms with Crippen LogP contribution in [-0.2, 0) is 9.47 Å². The number of rotatable bonds is 6. The molecule has 1 heterocycles. The highest BCUT2D eigenvalue weighted by atomic mass is 32.2. The molecule has 0 aliphatic carbocycles. The predicted octanol–water partition coefficient (Wildman–Crippen LogP) is 2.61. The van der Waals surface area contributed by atoms with Crippen LogP contribution in [0.3, 0.4) is 0 Å². The summed E-state index contributed by atoms with van der Waals surface area (Å²) in [5.74, 6) is 0.822. The van der Waals surface area contributed by atoms with Gasteiger partial charge in [-0.1, -0.05) is 12.1 Å². The largest absolute Gasteiger partial charge is 0.382 e. The molecule has 106 valence electrons. The maximum absolute atomic E-state index is 13.7. The maximum atomic E-state index is 13.7. The van der Waals surface area contributed by atoms with E-state index < -0.39 is 0 Å². The lowest BCUT2D eigenvalue weighted by atomic mass is 10.0. The summed E-state index contributed by atoms with van der Waals surface area (Å²) >= 11 is 1.60. The van der Waals surface area contributed by atoms with Crippen molar-refractivity contribution in [3.63, 3.8) is 0 Å². The van der Waals surface area contributed by atoms with Gasteiger partial charge in [0.05, 0.1) is 12.7 Å². The van der Waals surface area contributed by atoms with Crippen LogP contribution in [0.2, 0.25) is 0 Å². The lowest BCUT2D eigenvalue weighted by molar-refractivity contribution is 0.0272. The number of fused-ring (bicyclic) bond motifs is 1. The van der Waals surface area contributed by atoms with Crippen molar-refractivity contribution in [3.05, 3.63) is 29.6 Å². The number of methoxy groups -OCH3 is 2. The first-order valence-electron chi connectivity index (χ1n) is 6.42. The third kappa shape index (κ3) is 3.69. The minimum atomic E-state index is -0.116. The van der Waals surface area contributed by atoms with E-state index >= 15 is 0 Å². The first-order valence-corrected chi connectivity index (χ1v) is 7.41. The van der Waals surface area contributed by atoms with Crippen LogP contribution >= 0.6 is 11.8 Å². The summed E-state index contributed by atoms with van der Waals surface area (Å²) in [5.41, 5.74) is 1.06. The lowest BCUT2D eigenvalue weighted by Gasteiger charge is -2.27. The van der Waals surface area contributed by atoms with Crippen molar-refractivity contribution in [2.24, 2.45) is 0 Å². The van der Waals surface area contributed by atoms with Gasteiger partial charge in [-0.05, 0) is 23.8 Å². The predicted molar refractivity (Wildman–Crippen MR) is 75.2 cm³/mol. The summed E-state index contributed by atoms with van der Waals surface area (Å²) in [7, 11) is 3.34. The van der Waals surface area contributed by atoms with Gasteiger partial charge in [0, 0.05) is 31.7 Å². The summed E-state index contributed by atoms with van der Waals surface area (Å²) in [4.78, 5) is 0.784. The van der Waals surface area contributed by atoms with Crippen LogP contribution in [0.4, 0.5) is 4.39 Å². The van der Waals surface area contributed by atoms with Crippen LogP contribution < -0.4 is 5.32 Å². The van der Waals surface area contributed by atoms with E-state index in [4.69, 9.17) is 9.47 Å². The molecule has 1 aliphatic heterocycles. The maximum Gasteiger partial charge on any atom is 0.137 e. The highest BCUT2D eigenvalue weighted by Gasteiger charge is 2.23. The van der Waals surface area contributed by atoms with Crippen LogP contribution in [0.5, 0.6) is 0 Å². The molecule has 0 bridgehead atoms. The Bertz CT molecular complexity index is 416. The fraction of sp³-hybridized carbons (Fsp3) is 0.571. The van der Waals surface area contributed by atoms with E-state index in [-0.39, 0.29) is 18.0 Å². The highest BCUT2D eigenvalue weighted by molar-refractivity contribution is 7.99. The summed E-state index contributed by atoms with van der Waals surface area (Å²) in [6.45, 7) is 1.26. The zero-order valence-electron chi connectivity index (χ0n) is 11.3. The Morgan fingerprint density at radius 2 is 2.32 bits per heavy atom. The van der Waals surface area contributed by atoms with E-state index in [2.05, 4.69) is 5.32 Å². The number of hydrogen-bond donors (Lipinski definition) is 1. The van der Waals surface area contributed by atoms with Crippen molar-refractivity contribution < 1.29 is 13.9 Å².